The van der Waals surface area contributed by atoms with E-state index in [1.165, 1.54) is 75.8 Å². The first-order valence-corrected chi connectivity index (χ1v) is 32.8. The summed E-state index contributed by atoms with van der Waals surface area (Å²) in [5, 5.41) is 18.3. The molecule has 0 spiro atoms. The molecule has 16 aromatic rings. The Morgan fingerprint density at radius 3 is 0.656 bits per heavy atom. The molecule has 0 fully saturated rings. The fourth-order valence-electron chi connectivity index (χ4n) is 11.9. The first-order chi connectivity index (χ1) is 45.8. The maximum Gasteiger partial charge on any atom is 0.0468 e. The topological polar surface area (TPSA) is 18.5 Å². The average molecular weight is 1320 g/mol. The van der Waals surface area contributed by atoms with Crippen LogP contribution >= 0.6 is 31.9 Å². The molecule has 16 aromatic carbocycles. The molecular weight excluding hydrogens is 1260 g/mol. The van der Waals surface area contributed by atoms with Crippen LogP contribution in [0.3, 0.4) is 0 Å². The third-order valence-corrected chi connectivity index (χ3v) is 17.8. The van der Waals surface area contributed by atoms with Gasteiger partial charge in [-0.05, 0) is 208 Å². The van der Waals surface area contributed by atoms with Crippen molar-refractivity contribution in [3.8, 4) is 0 Å². The van der Waals surface area contributed by atoms with E-state index in [0.29, 0.717) is 0 Å². The van der Waals surface area contributed by atoms with Crippen molar-refractivity contribution < 1.29 is 0 Å². The number of hydrogen-bond acceptors (Lipinski definition) is 3. The van der Waals surface area contributed by atoms with Gasteiger partial charge in [-0.1, -0.05) is 287 Å². The van der Waals surface area contributed by atoms with Crippen molar-refractivity contribution in [3.05, 3.63) is 383 Å². The van der Waals surface area contributed by atoms with E-state index in [4.69, 9.17) is 0 Å². The van der Waals surface area contributed by atoms with E-state index in [1.807, 2.05) is 24.3 Å². The molecule has 0 atom stereocenters. The van der Waals surface area contributed by atoms with Gasteiger partial charge in [0.05, 0.1) is 0 Å². The Bertz CT molecular complexity index is 4840. The highest BCUT2D eigenvalue weighted by Crippen LogP contribution is 2.40. The van der Waals surface area contributed by atoms with Gasteiger partial charge in [0.15, 0.2) is 0 Å². The van der Waals surface area contributed by atoms with Gasteiger partial charge in [0.25, 0.3) is 0 Å². The van der Waals surface area contributed by atoms with Gasteiger partial charge in [0, 0.05) is 54.4 Å². The number of hydrogen-bond donors (Lipinski definition) is 1. The molecule has 1 N–H and O–H groups in total. The fourth-order valence-corrected chi connectivity index (χ4v) is 12.4. The quantitative estimate of drug-likeness (QED) is 0.123. The van der Waals surface area contributed by atoms with Crippen LogP contribution in [0.15, 0.2) is 361 Å². The molecule has 444 valence electrons. The average Bonchev–Trinajstić information content (AvgIpc) is 0.945. The zero-order valence-electron chi connectivity index (χ0n) is 50.9. The Morgan fingerprint density at radius 2 is 0.398 bits per heavy atom. The zero-order valence-corrected chi connectivity index (χ0v) is 54.1. The van der Waals surface area contributed by atoms with Crippen LogP contribution in [0.4, 0.5) is 45.5 Å². The molecular formula is C88H63Br2N3. The highest BCUT2D eigenvalue weighted by atomic mass is 79.9. The summed E-state index contributed by atoms with van der Waals surface area (Å²) >= 11 is 6.84. The van der Waals surface area contributed by atoms with Gasteiger partial charge in [-0.3, -0.25) is 0 Å². The second-order valence-electron chi connectivity index (χ2n) is 23.0. The molecule has 0 amide bonds. The largest absolute Gasteiger partial charge is 0.355 e. The standard InChI is InChI=1S/C54H38N2.C20H15N.C14H10Br2/c1-5-13-45-35-51(31-23-41(45)9-1)55(52-32-24-42-10-2-6-14-46(42)36-52)49-27-19-39(20-28-49)17-18-40-21-29-50(30-22-40)56(53-33-25-43-11-3-7-15-47(43)37-53)54-34-26-44-12-4-8-16-48(44)38-54;1-3-7-17-13-19(11-9-15(17)5-1)21-20-12-10-16-6-2-4-8-18(16)14-20;15-13-7-3-11(4-8-13)1-2-12-5-9-14(16)10-6-12/h1-38H;1-14,21H;1-10H/b18-17+;;2-1+. The SMILES string of the molecule is Brc1ccc(/C=C/c2ccc(Br)cc2)cc1.C(=C\c1ccc(N(c2ccc3ccccc3c2)c2ccc3ccccc3c2)cc1)/c1ccc(N(c2ccc3ccccc3c2)c2ccc3ccccc3c2)cc1.c1ccc2cc(Nc3ccc4ccccc4c3)ccc2c1. The first kappa shape index (κ1) is 59.5. The van der Waals surface area contributed by atoms with E-state index in [1.54, 1.807) is 0 Å². The van der Waals surface area contributed by atoms with Gasteiger partial charge >= 0.3 is 0 Å². The molecule has 3 nitrogen and oxygen atoms in total. The minimum absolute atomic E-state index is 1.10. The summed E-state index contributed by atoms with van der Waals surface area (Å²) in [6, 6.07) is 125. The van der Waals surface area contributed by atoms with Gasteiger partial charge in [0.2, 0.25) is 0 Å². The van der Waals surface area contributed by atoms with Gasteiger partial charge in [0.1, 0.15) is 0 Å². The van der Waals surface area contributed by atoms with Gasteiger partial charge < -0.3 is 15.1 Å². The number of anilines is 8. The van der Waals surface area contributed by atoms with Crippen LogP contribution < -0.4 is 15.1 Å². The lowest BCUT2D eigenvalue weighted by Gasteiger charge is -2.26. The number of nitrogens with one attached hydrogen (secondary N) is 1. The summed E-state index contributed by atoms with van der Waals surface area (Å²) in [5.41, 5.74) is 13.6. The molecule has 5 heteroatoms. The van der Waals surface area contributed by atoms with Crippen molar-refractivity contribution in [2.45, 2.75) is 0 Å². The van der Waals surface area contributed by atoms with E-state index in [9.17, 15) is 0 Å². The summed E-state index contributed by atoms with van der Waals surface area (Å²) in [6.45, 7) is 0. The molecule has 0 heterocycles. The zero-order chi connectivity index (χ0) is 62.7. The van der Waals surface area contributed by atoms with E-state index in [2.05, 4.69) is 399 Å². The summed E-state index contributed by atoms with van der Waals surface area (Å²) in [6.07, 6.45) is 8.60. The first-order valence-electron chi connectivity index (χ1n) is 31.2. The second-order valence-corrected chi connectivity index (χ2v) is 24.8. The molecule has 0 aliphatic carbocycles. The Morgan fingerprint density at radius 1 is 0.194 bits per heavy atom. The van der Waals surface area contributed by atoms with Crippen LogP contribution in [-0.2, 0) is 0 Å². The van der Waals surface area contributed by atoms with E-state index in [0.717, 1.165) is 65.6 Å². The van der Waals surface area contributed by atoms with Crippen molar-refractivity contribution in [1.82, 2.24) is 0 Å². The Labute approximate surface area is 560 Å². The Balaban J connectivity index is 0.000000163. The fraction of sp³-hybridized carbons (Fsp3) is 0. The Hall–Kier alpha value is -11.1. The van der Waals surface area contributed by atoms with Crippen molar-refractivity contribution in [2.75, 3.05) is 15.1 Å². The van der Waals surface area contributed by atoms with Crippen molar-refractivity contribution in [3.63, 3.8) is 0 Å². The lowest BCUT2D eigenvalue weighted by Crippen LogP contribution is -2.10. The number of rotatable bonds is 12. The normalized spacial score (nSPS) is 11.2. The predicted octanol–water partition coefficient (Wildman–Crippen LogP) is 26.5. The molecule has 0 aliphatic rings. The van der Waals surface area contributed by atoms with Gasteiger partial charge in [-0.2, -0.15) is 0 Å². The van der Waals surface area contributed by atoms with Crippen LogP contribution in [0.2, 0.25) is 0 Å². The van der Waals surface area contributed by atoms with Crippen LogP contribution in [-0.4, -0.2) is 0 Å². The van der Waals surface area contributed by atoms with Crippen LogP contribution in [0.5, 0.6) is 0 Å². The maximum atomic E-state index is 3.49. The molecule has 0 radical (unpaired) electrons. The molecule has 0 aromatic heterocycles. The Kier molecular flexibility index (Phi) is 17.9. The van der Waals surface area contributed by atoms with E-state index < -0.39 is 0 Å². The van der Waals surface area contributed by atoms with Crippen molar-refractivity contribution in [1.29, 1.82) is 0 Å². The van der Waals surface area contributed by atoms with Crippen LogP contribution in [0.25, 0.3) is 88.9 Å². The smallest absolute Gasteiger partial charge is 0.0468 e. The molecule has 0 aliphatic heterocycles. The number of fused-ring (bicyclic) bond motifs is 6. The van der Waals surface area contributed by atoms with Crippen LogP contribution in [0.1, 0.15) is 22.3 Å². The maximum absolute atomic E-state index is 3.49. The lowest BCUT2D eigenvalue weighted by atomic mass is 10.1. The highest BCUT2D eigenvalue weighted by Gasteiger charge is 2.16. The van der Waals surface area contributed by atoms with Gasteiger partial charge in [-0.15, -0.1) is 0 Å². The van der Waals surface area contributed by atoms with Crippen molar-refractivity contribution in [2.24, 2.45) is 0 Å². The second kappa shape index (κ2) is 28.0. The van der Waals surface area contributed by atoms with E-state index in [-0.39, 0.29) is 0 Å². The van der Waals surface area contributed by atoms with Crippen LogP contribution in [0, 0.1) is 0 Å². The van der Waals surface area contributed by atoms with E-state index >= 15 is 0 Å². The third-order valence-electron chi connectivity index (χ3n) is 16.7. The molecule has 0 saturated heterocycles. The summed E-state index contributed by atoms with van der Waals surface area (Å²) in [5.74, 6) is 0. The minimum Gasteiger partial charge on any atom is -0.355 e. The third kappa shape index (κ3) is 14.4. The minimum atomic E-state index is 1.10. The summed E-state index contributed by atoms with van der Waals surface area (Å²) in [4.78, 5) is 4.70. The highest BCUT2D eigenvalue weighted by molar-refractivity contribution is 9.10. The molecule has 16 rings (SSSR count). The predicted molar refractivity (Wildman–Crippen MR) is 410 cm³/mol. The molecule has 0 unspecified atom stereocenters. The van der Waals surface area contributed by atoms with Crippen molar-refractivity contribution >= 4 is 166 Å². The lowest BCUT2D eigenvalue weighted by molar-refractivity contribution is 1.29. The summed E-state index contributed by atoms with van der Waals surface area (Å²) in [7, 11) is 0. The molecule has 0 bridgehead atoms. The monoisotopic (exact) mass is 1320 g/mol. The number of halogens is 2. The van der Waals surface area contributed by atoms with Gasteiger partial charge in [-0.25, -0.2) is 0 Å². The number of nitrogens with zero attached hydrogens (tertiary/aromatic N) is 2. The molecule has 93 heavy (non-hydrogen) atoms. The number of benzene rings is 16. The summed E-state index contributed by atoms with van der Waals surface area (Å²) < 4.78 is 2.21. The molecule has 0 saturated carbocycles.